The molecule has 0 amide bonds. The smallest absolute Gasteiger partial charge is 0.308 e. The van der Waals surface area contributed by atoms with Gasteiger partial charge in [-0.2, -0.15) is 79.0 Å². The van der Waals surface area contributed by atoms with Crippen LogP contribution >= 0.6 is 0 Å². The van der Waals surface area contributed by atoms with Crippen LogP contribution in [0.3, 0.4) is 0 Å². The number of hydrogen-bond acceptors (Lipinski definition) is 3. The fourth-order valence-corrected chi connectivity index (χ4v) is 8.77. The molecule has 0 radical (unpaired) electrons. The van der Waals surface area contributed by atoms with Gasteiger partial charge in [0.15, 0.2) is 17.5 Å². The molecule has 0 spiro atoms. The van der Waals surface area contributed by atoms with Gasteiger partial charge in [0, 0.05) is 38.2 Å². The Balaban J connectivity index is 1.35. The van der Waals surface area contributed by atoms with Gasteiger partial charge in [-0.15, -0.1) is 0 Å². The van der Waals surface area contributed by atoms with Crippen molar-refractivity contribution in [2.75, 3.05) is 0 Å². The third-order valence-corrected chi connectivity index (χ3v) is 12.1. The number of halogens is 18. The Morgan fingerprint density at radius 2 is 0.527 bits per heavy atom. The van der Waals surface area contributed by atoms with Crippen molar-refractivity contribution < 1.29 is 79.0 Å². The Morgan fingerprint density at radius 1 is 0.270 bits per heavy atom. The number of nitrogens with zero attached hydrogens (tertiary/aromatic N) is 5. The lowest BCUT2D eigenvalue weighted by molar-refractivity contribution is -0.138. The van der Waals surface area contributed by atoms with Crippen LogP contribution in [0.25, 0.3) is 89.2 Å². The van der Waals surface area contributed by atoms with Crippen LogP contribution in [0.15, 0.2) is 140 Å². The van der Waals surface area contributed by atoms with Crippen LogP contribution in [-0.2, 0) is 37.1 Å². The Kier molecular flexibility index (Phi) is 11.2. The van der Waals surface area contributed by atoms with E-state index in [1.54, 1.807) is 0 Å². The Hall–Kier alpha value is -8.11. The van der Waals surface area contributed by atoms with Gasteiger partial charge in [0.1, 0.15) is 0 Å². The van der Waals surface area contributed by atoms with Crippen LogP contribution in [0, 0.1) is 0 Å². The first-order valence-electron chi connectivity index (χ1n) is 21.2. The quantitative estimate of drug-likeness (QED) is 0.161. The zero-order chi connectivity index (χ0) is 53.2. The third kappa shape index (κ3) is 8.76. The van der Waals surface area contributed by atoms with E-state index in [9.17, 15) is 79.0 Å². The molecule has 378 valence electrons. The molecule has 3 heterocycles. The van der Waals surface area contributed by atoms with E-state index in [2.05, 4.69) is 15.0 Å². The summed E-state index contributed by atoms with van der Waals surface area (Å²) < 4.78 is 262. The van der Waals surface area contributed by atoms with Crippen LogP contribution < -0.4 is 0 Å². The molecule has 3 aromatic heterocycles. The summed E-state index contributed by atoms with van der Waals surface area (Å²) in [7, 11) is 0. The lowest BCUT2D eigenvalue weighted by atomic mass is 10.0. The molecular formula is C51H23F18N5. The fourth-order valence-electron chi connectivity index (χ4n) is 8.77. The van der Waals surface area contributed by atoms with Crippen molar-refractivity contribution in [3.8, 4) is 45.5 Å². The SMILES string of the molecule is FC(F)(F)c1ccc(-n2c3cc(C(F)(F)F)ccc3c3ccc(C(F)(F)F)cc32)c(-c2nc(-c3ccccc3)nc(-c3cc(C(F)(F)F)ccc3-n3c4cc(C(F)(F)F)ccc4c4ccc(C(F)(F)F)cc43)n2)c1. The first-order chi connectivity index (χ1) is 34.5. The van der Waals surface area contributed by atoms with Crippen LogP contribution in [-0.4, -0.2) is 24.1 Å². The summed E-state index contributed by atoms with van der Waals surface area (Å²) in [6, 6.07) is 18.4. The predicted molar refractivity (Wildman–Crippen MR) is 235 cm³/mol. The number of aromatic nitrogens is 5. The van der Waals surface area contributed by atoms with Crippen molar-refractivity contribution in [1.29, 1.82) is 0 Å². The molecule has 10 rings (SSSR count). The monoisotopic (exact) mass is 1050 g/mol. The summed E-state index contributed by atoms with van der Waals surface area (Å²) in [5.41, 5.74) is -13.1. The molecule has 0 N–H and O–H groups in total. The molecule has 0 fully saturated rings. The van der Waals surface area contributed by atoms with Gasteiger partial charge in [0.25, 0.3) is 0 Å². The van der Waals surface area contributed by atoms with Crippen molar-refractivity contribution in [1.82, 2.24) is 24.1 Å². The molecule has 0 aliphatic rings. The van der Waals surface area contributed by atoms with Gasteiger partial charge in [0.2, 0.25) is 0 Å². The third-order valence-electron chi connectivity index (χ3n) is 12.1. The van der Waals surface area contributed by atoms with Crippen LogP contribution in [0.1, 0.15) is 33.4 Å². The van der Waals surface area contributed by atoms with Crippen molar-refractivity contribution in [3.05, 3.63) is 173 Å². The second-order valence-electron chi connectivity index (χ2n) is 16.7. The molecule has 0 aliphatic heterocycles. The molecule has 10 aromatic rings. The van der Waals surface area contributed by atoms with Crippen molar-refractivity contribution in [3.63, 3.8) is 0 Å². The first-order valence-corrected chi connectivity index (χ1v) is 21.2. The maximum absolute atomic E-state index is 14.8. The Morgan fingerprint density at radius 3 is 0.811 bits per heavy atom. The van der Waals surface area contributed by atoms with Gasteiger partial charge in [-0.3, -0.25) is 0 Å². The number of rotatable bonds is 5. The minimum Gasteiger partial charge on any atom is -0.308 e. The van der Waals surface area contributed by atoms with Crippen LogP contribution in [0.2, 0.25) is 0 Å². The summed E-state index contributed by atoms with van der Waals surface area (Å²) in [4.78, 5) is 13.1. The predicted octanol–water partition coefficient (Wildman–Crippen LogP) is 17.2. The van der Waals surface area contributed by atoms with E-state index in [1.165, 1.54) is 30.3 Å². The standard InChI is InChI=1S/C51H23F18N5/c52-46(53,54)25-10-16-37(73-39-20-27(48(58,59)60)6-12-31(39)32-13-7-28(21-40(32)73)49(61,62)63)35(18-25)44-70-43(24-4-2-1-3-5-24)71-45(72-44)36-19-26(47(55,56)57)11-17-38(36)74-41-22-29(50(64,65)66)8-14-33(41)34-15-9-30(23-42(34)74)51(67,68)69/h1-23H. The van der Waals surface area contributed by atoms with Gasteiger partial charge < -0.3 is 9.13 Å². The molecule has 23 heteroatoms. The number of fused-ring (bicyclic) bond motifs is 6. The zero-order valence-electron chi connectivity index (χ0n) is 36.3. The highest BCUT2D eigenvalue weighted by Crippen LogP contribution is 2.46. The van der Waals surface area contributed by atoms with Gasteiger partial charge >= 0.3 is 37.1 Å². The maximum atomic E-state index is 14.8. The Labute approximate surface area is 401 Å². The summed E-state index contributed by atoms with van der Waals surface area (Å²) >= 11 is 0. The van der Waals surface area contributed by atoms with Gasteiger partial charge in [-0.25, -0.2) is 15.0 Å². The summed E-state index contributed by atoms with van der Waals surface area (Å²) in [6.07, 6.45) is -30.8. The van der Waals surface area contributed by atoms with Crippen molar-refractivity contribution in [2.45, 2.75) is 37.1 Å². The minimum absolute atomic E-state index is 0.0116. The highest BCUT2D eigenvalue weighted by atomic mass is 19.4. The molecule has 0 saturated heterocycles. The molecule has 7 aromatic carbocycles. The van der Waals surface area contributed by atoms with E-state index >= 15 is 0 Å². The largest absolute Gasteiger partial charge is 0.416 e. The van der Waals surface area contributed by atoms with Gasteiger partial charge in [-0.1, -0.05) is 54.6 Å². The van der Waals surface area contributed by atoms with Gasteiger partial charge in [-0.05, 0) is 84.9 Å². The summed E-state index contributed by atoms with van der Waals surface area (Å²) in [6.45, 7) is 0. The minimum atomic E-state index is -5.24. The lowest BCUT2D eigenvalue weighted by Crippen LogP contribution is -2.11. The average Bonchev–Trinajstić information content (AvgIpc) is 3.83. The molecule has 0 atom stereocenters. The normalized spacial score (nSPS) is 13.3. The highest BCUT2D eigenvalue weighted by molar-refractivity contribution is 6.11. The van der Waals surface area contributed by atoms with Crippen LogP contribution in [0.5, 0.6) is 0 Å². The zero-order valence-corrected chi connectivity index (χ0v) is 36.3. The topological polar surface area (TPSA) is 48.5 Å². The molecule has 0 aliphatic carbocycles. The second-order valence-corrected chi connectivity index (χ2v) is 16.7. The fraction of sp³-hybridized carbons (Fsp3) is 0.118. The summed E-state index contributed by atoms with van der Waals surface area (Å²) in [5, 5.41) is -0.459. The van der Waals surface area contributed by atoms with Crippen LogP contribution in [0.4, 0.5) is 79.0 Å². The molecular weight excluding hydrogens is 1020 g/mol. The number of alkyl halides is 18. The second kappa shape index (κ2) is 16.7. The van der Waals surface area contributed by atoms with E-state index < -0.39 is 132 Å². The van der Waals surface area contributed by atoms with E-state index in [0.717, 1.165) is 33.4 Å². The maximum Gasteiger partial charge on any atom is 0.416 e. The molecule has 5 nitrogen and oxygen atoms in total. The molecule has 74 heavy (non-hydrogen) atoms. The highest BCUT2D eigenvalue weighted by Gasteiger charge is 2.38. The van der Waals surface area contributed by atoms with Crippen molar-refractivity contribution >= 4 is 43.6 Å². The van der Waals surface area contributed by atoms with Gasteiger partial charge in [0.05, 0.1) is 66.8 Å². The van der Waals surface area contributed by atoms with E-state index in [0.29, 0.717) is 84.9 Å². The summed E-state index contributed by atoms with van der Waals surface area (Å²) in [5.74, 6) is -2.32. The lowest BCUT2D eigenvalue weighted by Gasteiger charge is -2.19. The van der Waals surface area contributed by atoms with E-state index in [-0.39, 0.29) is 27.1 Å². The number of benzene rings is 7. The van der Waals surface area contributed by atoms with E-state index in [4.69, 9.17) is 0 Å². The molecule has 0 bridgehead atoms. The molecule has 0 unspecified atom stereocenters. The average molecular weight is 1050 g/mol. The molecule has 0 saturated carbocycles. The van der Waals surface area contributed by atoms with Crippen molar-refractivity contribution in [2.24, 2.45) is 0 Å². The number of hydrogen-bond donors (Lipinski definition) is 0. The Bertz CT molecular complexity index is 3500. The first kappa shape index (κ1) is 49.5. The van der Waals surface area contributed by atoms with E-state index in [1.807, 2.05) is 0 Å².